The maximum atomic E-state index is 13.3. The smallest absolute Gasteiger partial charge is 0.282 e. The minimum Gasteiger partial charge on any atom is -0.491 e. The number of hydrazone groups is 1. The third-order valence-corrected chi connectivity index (χ3v) is 7.24. The van der Waals surface area contributed by atoms with Crippen LogP contribution in [0.5, 0.6) is 5.75 Å². The predicted molar refractivity (Wildman–Crippen MR) is 128 cm³/mol. The molecule has 0 radical (unpaired) electrons. The Balaban J connectivity index is 1.58. The van der Waals surface area contributed by atoms with Crippen LogP contribution in [-0.2, 0) is 14.8 Å². The summed E-state index contributed by atoms with van der Waals surface area (Å²) in [5.41, 5.74) is 1.06. The molecule has 1 aliphatic rings. The van der Waals surface area contributed by atoms with Gasteiger partial charge >= 0.3 is 0 Å². The van der Waals surface area contributed by atoms with Crippen LogP contribution in [0.2, 0.25) is 0 Å². The predicted octanol–water partition coefficient (Wildman–Crippen LogP) is 1.48. The van der Waals surface area contributed by atoms with E-state index in [0.29, 0.717) is 40.8 Å². The number of nitriles is 1. The number of rotatable bonds is 9. The number of nitrogens with zero attached hydrogens (tertiary/aromatic N) is 7. The number of hydrogen-bond donors (Lipinski definition) is 0. The van der Waals surface area contributed by atoms with Gasteiger partial charge in [0.25, 0.3) is 15.7 Å². The molecule has 1 aromatic carbocycles. The summed E-state index contributed by atoms with van der Waals surface area (Å²) >= 11 is 0. The Hall–Kier alpha value is -4.06. The van der Waals surface area contributed by atoms with Gasteiger partial charge in [-0.3, -0.25) is 15.0 Å². The molecule has 0 spiro atoms. The van der Waals surface area contributed by atoms with Gasteiger partial charge in [-0.05, 0) is 18.2 Å². The highest BCUT2D eigenvalue weighted by Gasteiger charge is 2.27. The van der Waals surface area contributed by atoms with Crippen LogP contribution in [0.25, 0.3) is 5.52 Å². The average molecular weight is 514 g/mol. The fourth-order valence-electron chi connectivity index (χ4n) is 3.56. The Morgan fingerprint density at radius 3 is 2.83 bits per heavy atom. The van der Waals surface area contributed by atoms with E-state index in [1.807, 2.05) is 6.07 Å². The molecule has 0 saturated carbocycles. The molecular formula is C22H23N7O6S. The molecule has 0 unspecified atom stereocenters. The number of nitro benzene ring substituents is 1. The minimum atomic E-state index is -4.31. The lowest BCUT2D eigenvalue weighted by molar-refractivity contribution is -0.385. The molecule has 1 aliphatic heterocycles. The maximum absolute atomic E-state index is 13.3. The van der Waals surface area contributed by atoms with Crippen LogP contribution < -0.4 is 4.74 Å². The molecule has 0 bridgehead atoms. The third kappa shape index (κ3) is 5.43. The molecule has 4 rings (SSSR count). The standard InChI is InChI=1S/C22H23N7O6S/c1-26(24-15-18-16-25-28-5-4-17(14-23)12-20(18)28)36(32,33)22-13-19(29(30)31)2-3-21(22)35-11-8-27-6-9-34-10-7-27/h2-5,12-13,15-16H,6-11H2,1H3. The number of non-ortho nitro benzene ring substituents is 1. The highest BCUT2D eigenvalue weighted by Crippen LogP contribution is 2.30. The number of hydrogen-bond acceptors (Lipinski definition) is 10. The molecular weight excluding hydrogens is 490 g/mol. The molecule has 13 nitrogen and oxygen atoms in total. The topological polar surface area (TPSA) is 156 Å². The Kier molecular flexibility index (Phi) is 7.44. The fraction of sp³-hybridized carbons (Fsp3) is 0.318. The second-order valence-corrected chi connectivity index (χ2v) is 9.75. The van der Waals surface area contributed by atoms with Gasteiger partial charge in [0.2, 0.25) is 0 Å². The molecule has 0 amide bonds. The van der Waals surface area contributed by atoms with Gasteiger partial charge in [-0.15, -0.1) is 0 Å². The lowest BCUT2D eigenvalue weighted by Gasteiger charge is -2.26. The van der Waals surface area contributed by atoms with Crippen LogP contribution in [0.4, 0.5) is 5.69 Å². The van der Waals surface area contributed by atoms with Crippen molar-refractivity contribution in [2.45, 2.75) is 4.90 Å². The van der Waals surface area contributed by atoms with Crippen molar-refractivity contribution in [2.24, 2.45) is 5.10 Å². The van der Waals surface area contributed by atoms with Gasteiger partial charge < -0.3 is 9.47 Å². The van der Waals surface area contributed by atoms with Crippen LogP contribution >= 0.6 is 0 Å². The molecule has 2 aromatic heterocycles. The first-order chi connectivity index (χ1) is 17.3. The third-order valence-electron chi connectivity index (χ3n) is 5.57. The van der Waals surface area contributed by atoms with Crippen molar-refractivity contribution in [1.82, 2.24) is 18.9 Å². The van der Waals surface area contributed by atoms with Gasteiger partial charge in [0.15, 0.2) is 0 Å². The second kappa shape index (κ2) is 10.7. The highest BCUT2D eigenvalue weighted by molar-refractivity contribution is 7.89. The molecule has 0 atom stereocenters. The summed E-state index contributed by atoms with van der Waals surface area (Å²) in [6, 6.07) is 8.66. The average Bonchev–Trinajstić information content (AvgIpc) is 3.29. The molecule has 14 heteroatoms. The van der Waals surface area contributed by atoms with Crippen LogP contribution in [0, 0.1) is 21.4 Å². The van der Waals surface area contributed by atoms with Gasteiger partial charge in [-0.25, -0.2) is 4.52 Å². The number of aromatic nitrogens is 2. The Morgan fingerprint density at radius 1 is 1.33 bits per heavy atom. The number of benzene rings is 1. The number of nitro groups is 1. The molecule has 0 N–H and O–H groups in total. The van der Waals surface area contributed by atoms with E-state index in [0.717, 1.165) is 19.2 Å². The van der Waals surface area contributed by atoms with E-state index in [1.165, 1.54) is 36.1 Å². The van der Waals surface area contributed by atoms with E-state index >= 15 is 0 Å². The van der Waals surface area contributed by atoms with Gasteiger partial charge in [0, 0.05) is 50.6 Å². The first-order valence-electron chi connectivity index (χ1n) is 10.9. The van der Waals surface area contributed by atoms with E-state index in [4.69, 9.17) is 14.7 Å². The van der Waals surface area contributed by atoms with Gasteiger partial charge in [-0.2, -0.15) is 28.3 Å². The summed E-state index contributed by atoms with van der Waals surface area (Å²) in [6.07, 6.45) is 4.38. The van der Waals surface area contributed by atoms with Crippen LogP contribution in [0.15, 0.2) is 52.7 Å². The maximum Gasteiger partial charge on any atom is 0.282 e. The van der Waals surface area contributed by atoms with Crippen molar-refractivity contribution >= 4 is 27.4 Å². The Labute approximate surface area is 206 Å². The van der Waals surface area contributed by atoms with Crippen molar-refractivity contribution < 1.29 is 22.8 Å². The summed E-state index contributed by atoms with van der Waals surface area (Å²) in [4.78, 5) is 12.4. The fourth-order valence-corrected chi connectivity index (χ4v) is 4.66. The van der Waals surface area contributed by atoms with Crippen molar-refractivity contribution in [2.75, 3.05) is 46.5 Å². The van der Waals surface area contributed by atoms with E-state index in [-0.39, 0.29) is 17.3 Å². The van der Waals surface area contributed by atoms with Crippen molar-refractivity contribution in [3.63, 3.8) is 0 Å². The van der Waals surface area contributed by atoms with Gasteiger partial charge in [-0.1, -0.05) is 0 Å². The van der Waals surface area contributed by atoms with Crippen LogP contribution in [-0.4, -0.2) is 85.0 Å². The highest BCUT2D eigenvalue weighted by atomic mass is 32.2. The zero-order valence-corrected chi connectivity index (χ0v) is 20.2. The molecule has 3 aromatic rings. The number of sulfonamides is 1. The first kappa shape index (κ1) is 25.0. The number of morpholine rings is 1. The molecule has 36 heavy (non-hydrogen) atoms. The molecule has 188 valence electrons. The van der Waals surface area contributed by atoms with Gasteiger partial charge in [0.05, 0.1) is 47.7 Å². The van der Waals surface area contributed by atoms with Gasteiger partial charge in [0.1, 0.15) is 17.3 Å². The summed E-state index contributed by atoms with van der Waals surface area (Å²) in [5.74, 6) is -0.00875. The number of pyridine rings is 1. The Bertz CT molecular complexity index is 1440. The number of fused-ring (bicyclic) bond motifs is 1. The zero-order chi connectivity index (χ0) is 25.7. The Morgan fingerprint density at radius 2 is 2.11 bits per heavy atom. The largest absolute Gasteiger partial charge is 0.491 e. The van der Waals surface area contributed by atoms with Crippen LogP contribution in [0.3, 0.4) is 0 Å². The molecule has 1 fully saturated rings. The number of ether oxygens (including phenoxy) is 2. The molecule has 3 heterocycles. The minimum absolute atomic E-state index is 0.00875. The summed E-state index contributed by atoms with van der Waals surface area (Å²) in [6.45, 7) is 3.45. The van der Waals surface area contributed by atoms with Crippen molar-refractivity contribution in [1.29, 1.82) is 5.26 Å². The second-order valence-electron chi connectivity index (χ2n) is 7.83. The summed E-state index contributed by atoms with van der Waals surface area (Å²) in [5, 5.41) is 28.6. The molecule has 0 aliphatic carbocycles. The van der Waals surface area contributed by atoms with E-state index < -0.39 is 20.6 Å². The zero-order valence-electron chi connectivity index (χ0n) is 19.3. The first-order valence-corrected chi connectivity index (χ1v) is 12.4. The summed E-state index contributed by atoms with van der Waals surface area (Å²) < 4.78 is 40.0. The van der Waals surface area contributed by atoms with E-state index in [1.54, 1.807) is 18.3 Å². The monoisotopic (exact) mass is 513 g/mol. The normalized spacial score (nSPS) is 14.7. The molecule has 1 saturated heterocycles. The quantitative estimate of drug-likeness (QED) is 0.235. The van der Waals surface area contributed by atoms with E-state index in [9.17, 15) is 18.5 Å². The lowest BCUT2D eigenvalue weighted by atomic mass is 10.2. The van der Waals surface area contributed by atoms with Crippen LogP contribution in [0.1, 0.15) is 11.1 Å². The van der Waals surface area contributed by atoms with Crippen molar-refractivity contribution in [3.05, 3.63) is 64.0 Å². The van der Waals surface area contributed by atoms with E-state index in [2.05, 4.69) is 15.1 Å². The lowest BCUT2D eigenvalue weighted by Crippen LogP contribution is -2.38. The van der Waals surface area contributed by atoms with Crippen molar-refractivity contribution in [3.8, 4) is 11.8 Å². The summed E-state index contributed by atoms with van der Waals surface area (Å²) in [7, 11) is -3.09. The SMILES string of the molecule is CN(N=Cc1cnn2ccc(C#N)cc12)S(=O)(=O)c1cc([N+](=O)[O-])ccc1OCCN1CCOCC1.